The molecule has 0 aromatic heterocycles. The van der Waals surface area contributed by atoms with Gasteiger partial charge in [0.2, 0.25) is 0 Å². The summed E-state index contributed by atoms with van der Waals surface area (Å²) in [7, 11) is 0. The average Bonchev–Trinajstić information content (AvgIpc) is 2.46. The van der Waals surface area contributed by atoms with Gasteiger partial charge in [-0.05, 0) is 37.9 Å². The molecule has 1 N–H and O–H groups in total. The van der Waals surface area contributed by atoms with Gasteiger partial charge in [-0.25, -0.2) is 4.39 Å². The van der Waals surface area contributed by atoms with Crippen LogP contribution in [0.1, 0.15) is 38.7 Å². The van der Waals surface area contributed by atoms with Gasteiger partial charge in [0.05, 0.1) is 0 Å². The topological polar surface area (TPSA) is 30.5 Å². The molecule has 0 amide bonds. The molecule has 118 valence electrons. The highest BCUT2D eigenvalue weighted by Gasteiger charge is 2.43. The van der Waals surface area contributed by atoms with Crippen LogP contribution >= 0.6 is 0 Å². The number of halogens is 1. The van der Waals surface area contributed by atoms with Crippen molar-refractivity contribution in [2.24, 2.45) is 0 Å². The van der Waals surface area contributed by atoms with Crippen molar-refractivity contribution in [3.8, 4) is 5.75 Å². The Hall–Kier alpha value is -1.13. The van der Waals surface area contributed by atoms with Crippen molar-refractivity contribution >= 4 is 0 Å². The minimum Gasteiger partial charge on any atom is -0.487 e. The molecule has 4 heteroatoms. The first-order valence-corrected chi connectivity index (χ1v) is 7.93. The van der Waals surface area contributed by atoms with E-state index >= 15 is 0 Å². The third-order valence-electron chi connectivity index (χ3n) is 3.85. The smallest absolute Gasteiger partial charge is 0.129 e. The Balaban J connectivity index is 1.93. The van der Waals surface area contributed by atoms with E-state index in [2.05, 4.69) is 19.2 Å². The van der Waals surface area contributed by atoms with E-state index in [0.29, 0.717) is 17.4 Å². The zero-order chi connectivity index (χ0) is 15.2. The fraction of sp³-hybridized carbons (Fsp3) is 0.647. The van der Waals surface area contributed by atoms with Crippen LogP contribution in [0.2, 0.25) is 0 Å². The Morgan fingerprint density at radius 1 is 1.29 bits per heavy atom. The van der Waals surface area contributed by atoms with Crippen LogP contribution in [0.15, 0.2) is 18.2 Å². The fourth-order valence-corrected chi connectivity index (χ4v) is 2.53. The lowest BCUT2D eigenvalue weighted by atomic mass is 9.85. The normalized spacial score (nSPS) is 24.7. The van der Waals surface area contributed by atoms with Crippen LogP contribution in [-0.2, 0) is 4.74 Å². The van der Waals surface area contributed by atoms with Gasteiger partial charge in [-0.15, -0.1) is 0 Å². The molecule has 3 atom stereocenters. The summed E-state index contributed by atoms with van der Waals surface area (Å²) in [5.74, 6) is 0.362. The molecule has 1 aliphatic carbocycles. The Bertz CT molecular complexity index is 452. The number of aryl methyl sites for hydroxylation is 1. The van der Waals surface area contributed by atoms with Crippen LogP contribution in [0.4, 0.5) is 4.39 Å². The first-order valence-electron chi connectivity index (χ1n) is 7.93. The lowest BCUT2D eigenvalue weighted by molar-refractivity contribution is -0.107. The lowest BCUT2D eigenvalue weighted by Crippen LogP contribution is -2.61. The quantitative estimate of drug-likeness (QED) is 0.797. The molecule has 0 spiro atoms. The van der Waals surface area contributed by atoms with Crippen molar-refractivity contribution in [3.05, 3.63) is 29.6 Å². The summed E-state index contributed by atoms with van der Waals surface area (Å²) in [6.45, 7) is 7.72. The minimum absolute atomic E-state index is 0.00742. The summed E-state index contributed by atoms with van der Waals surface area (Å²) in [4.78, 5) is 0. The van der Waals surface area contributed by atoms with Crippen molar-refractivity contribution in [3.63, 3.8) is 0 Å². The van der Waals surface area contributed by atoms with Gasteiger partial charge >= 0.3 is 0 Å². The van der Waals surface area contributed by atoms with Crippen molar-refractivity contribution in [1.82, 2.24) is 5.32 Å². The zero-order valence-electron chi connectivity index (χ0n) is 13.2. The maximum absolute atomic E-state index is 13.6. The van der Waals surface area contributed by atoms with Crippen molar-refractivity contribution in [1.29, 1.82) is 0 Å². The highest BCUT2D eigenvalue weighted by atomic mass is 19.1. The maximum Gasteiger partial charge on any atom is 0.129 e. The molecular weight excluding hydrogens is 269 g/mol. The van der Waals surface area contributed by atoms with Gasteiger partial charge in [0.1, 0.15) is 23.8 Å². The van der Waals surface area contributed by atoms with E-state index in [1.807, 2.05) is 6.07 Å². The largest absolute Gasteiger partial charge is 0.487 e. The summed E-state index contributed by atoms with van der Waals surface area (Å²) in [6.07, 6.45) is 3.06. The molecule has 2 rings (SSSR count). The van der Waals surface area contributed by atoms with E-state index in [4.69, 9.17) is 9.47 Å². The van der Waals surface area contributed by atoms with E-state index in [1.165, 1.54) is 6.07 Å². The molecule has 0 heterocycles. The Kier molecular flexibility index (Phi) is 6.00. The van der Waals surface area contributed by atoms with E-state index in [1.54, 1.807) is 13.0 Å². The second-order valence-electron chi connectivity index (χ2n) is 5.70. The van der Waals surface area contributed by atoms with Gasteiger partial charge < -0.3 is 14.8 Å². The second kappa shape index (κ2) is 7.76. The monoisotopic (exact) mass is 295 g/mol. The van der Waals surface area contributed by atoms with Crippen molar-refractivity contribution in [2.75, 3.05) is 13.2 Å². The van der Waals surface area contributed by atoms with Gasteiger partial charge in [0, 0.05) is 25.1 Å². The first-order chi connectivity index (χ1) is 10.2. The molecular formula is C17H26FNO2. The summed E-state index contributed by atoms with van der Waals surface area (Å²) in [6, 6.07) is 5.37. The number of hydrogen-bond donors (Lipinski definition) is 1. The molecule has 1 aromatic carbocycles. The molecule has 1 aliphatic rings. The summed E-state index contributed by atoms with van der Waals surface area (Å²) < 4.78 is 25.4. The molecule has 1 aromatic rings. The Morgan fingerprint density at radius 3 is 2.76 bits per heavy atom. The summed E-state index contributed by atoms with van der Waals surface area (Å²) in [5.41, 5.74) is 0.636. The zero-order valence-corrected chi connectivity index (χ0v) is 13.2. The van der Waals surface area contributed by atoms with Crippen LogP contribution in [0.25, 0.3) is 0 Å². The Labute approximate surface area is 126 Å². The van der Waals surface area contributed by atoms with Gasteiger partial charge in [-0.2, -0.15) is 0 Å². The van der Waals surface area contributed by atoms with Crippen LogP contribution in [0, 0.1) is 12.7 Å². The van der Waals surface area contributed by atoms with E-state index < -0.39 is 0 Å². The fourth-order valence-electron chi connectivity index (χ4n) is 2.53. The molecule has 1 saturated carbocycles. The summed E-state index contributed by atoms with van der Waals surface area (Å²) >= 11 is 0. The number of hydrogen-bond acceptors (Lipinski definition) is 3. The number of benzene rings is 1. The van der Waals surface area contributed by atoms with Gasteiger partial charge in [-0.3, -0.25) is 0 Å². The molecule has 0 saturated heterocycles. The number of nitrogens with one attached hydrogen (secondary N) is 1. The Morgan fingerprint density at radius 2 is 2.10 bits per heavy atom. The highest BCUT2D eigenvalue weighted by molar-refractivity contribution is 5.28. The molecule has 3 unspecified atom stereocenters. The van der Waals surface area contributed by atoms with Gasteiger partial charge in [0.25, 0.3) is 0 Å². The minimum atomic E-state index is -0.224. The third-order valence-corrected chi connectivity index (χ3v) is 3.85. The lowest BCUT2D eigenvalue weighted by Gasteiger charge is -2.44. The highest BCUT2D eigenvalue weighted by Crippen LogP contribution is 2.30. The standard InChI is InChI=1S/C17H26FNO2/c1-4-8-19-15-11-16(17(15)20-9-5-2)21-13-7-6-12(3)14(18)10-13/h6-7,10,15-17,19H,4-5,8-9,11H2,1-3H3. The molecule has 0 radical (unpaired) electrons. The SMILES string of the molecule is CCCNC1CC(Oc2ccc(C)c(F)c2)C1OCCC. The predicted molar refractivity (Wildman–Crippen MR) is 82.3 cm³/mol. The summed E-state index contributed by atoms with van der Waals surface area (Å²) in [5, 5.41) is 3.48. The number of ether oxygens (including phenoxy) is 2. The van der Waals surface area contributed by atoms with E-state index in [-0.39, 0.29) is 18.0 Å². The first kappa shape index (κ1) is 16.2. The molecule has 0 aliphatic heterocycles. The van der Waals surface area contributed by atoms with Crippen molar-refractivity contribution < 1.29 is 13.9 Å². The van der Waals surface area contributed by atoms with E-state index in [0.717, 1.165) is 32.4 Å². The van der Waals surface area contributed by atoms with Crippen LogP contribution < -0.4 is 10.1 Å². The van der Waals surface area contributed by atoms with Crippen molar-refractivity contribution in [2.45, 2.75) is 58.3 Å². The molecule has 21 heavy (non-hydrogen) atoms. The van der Waals surface area contributed by atoms with Crippen LogP contribution in [0.3, 0.4) is 0 Å². The molecule has 3 nitrogen and oxygen atoms in total. The molecule has 0 bridgehead atoms. The van der Waals surface area contributed by atoms with Crippen LogP contribution in [-0.4, -0.2) is 31.4 Å². The van der Waals surface area contributed by atoms with E-state index in [9.17, 15) is 4.39 Å². The second-order valence-corrected chi connectivity index (χ2v) is 5.70. The number of rotatable bonds is 8. The van der Waals surface area contributed by atoms with Crippen LogP contribution in [0.5, 0.6) is 5.75 Å². The van der Waals surface area contributed by atoms with Gasteiger partial charge in [0.15, 0.2) is 0 Å². The van der Waals surface area contributed by atoms with Gasteiger partial charge in [-0.1, -0.05) is 19.9 Å². The predicted octanol–water partition coefficient (Wildman–Crippen LogP) is 3.45. The maximum atomic E-state index is 13.6. The third kappa shape index (κ3) is 4.17. The molecule has 1 fully saturated rings. The average molecular weight is 295 g/mol.